The second-order valence-electron chi connectivity index (χ2n) is 4.94. The van der Waals surface area contributed by atoms with Crippen molar-refractivity contribution in [3.63, 3.8) is 0 Å². The Morgan fingerprint density at radius 1 is 1.15 bits per heavy atom. The maximum Gasteiger partial charge on any atom is 0.339 e. The number of nitrogens with one attached hydrogen (secondary N) is 2. The van der Waals surface area contributed by atoms with Crippen molar-refractivity contribution in [1.29, 1.82) is 0 Å². The number of aromatic carboxylic acids is 1. The van der Waals surface area contributed by atoms with E-state index in [-0.39, 0.29) is 17.3 Å². The van der Waals surface area contributed by atoms with Crippen molar-refractivity contribution in [2.75, 3.05) is 5.32 Å². The van der Waals surface area contributed by atoms with Crippen LogP contribution in [-0.2, 0) is 0 Å². The van der Waals surface area contributed by atoms with Crippen LogP contribution in [0, 0.1) is 0 Å². The highest BCUT2D eigenvalue weighted by molar-refractivity contribution is 5.97. The Kier molecular flexibility index (Phi) is 4.45. The van der Waals surface area contributed by atoms with Crippen LogP contribution in [0.4, 0.5) is 10.5 Å². The molecule has 1 fully saturated rings. The lowest BCUT2D eigenvalue weighted by atomic mass is 9.96. The molecule has 6 heteroatoms. The Balaban J connectivity index is 2.00. The maximum absolute atomic E-state index is 11.8. The molecule has 0 radical (unpaired) electrons. The summed E-state index contributed by atoms with van der Waals surface area (Å²) in [7, 11) is 0. The third kappa shape index (κ3) is 3.40. The summed E-state index contributed by atoms with van der Waals surface area (Å²) in [6.45, 7) is 0. The Hall–Kier alpha value is -2.24. The highest BCUT2D eigenvalue weighted by atomic mass is 16.4. The molecule has 0 spiro atoms. The maximum atomic E-state index is 11.8. The smallest absolute Gasteiger partial charge is 0.339 e. The molecule has 2 amide bonds. The summed E-state index contributed by atoms with van der Waals surface area (Å²) in [5.41, 5.74) is -0.140. The first kappa shape index (κ1) is 14.2. The van der Waals surface area contributed by atoms with Gasteiger partial charge in [-0.25, -0.2) is 9.59 Å². The van der Waals surface area contributed by atoms with E-state index in [9.17, 15) is 14.7 Å². The number of aromatic hydroxyl groups is 1. The van der Waals surface area contributed by atoms with Crippen molar-refractivity contribution in [1.82, 2.24) is 5.32 Å². The minimum Gasteiger partial charge on any atom is -0.505 e. The van der Waals surface area contributed by atoms with Gasteiger partial charge in [-0.15, -0.1) is 0 Å². The Morgan fingerprint density at radius 3 is 2.50 bits per heavy atom. The summed E-state index contributed by atoms with van der Waals surface area (Å²) < 4.78 is 0. The summed E-state index contributed by atoms with van der Waals surface area (Å²) in [6, 6.07) is 3.94. The molecule has 108 valence electrons. The van der Waals surface area contributed by atoms with Gasteiger partial charge in [0.25, 0.3) is 0 Å². The quantitative estimate of drug-likeness (QED) is 0.638. The largest absolute Gasteiger partial charge is 0.505 e. The molecule has 0 bridgehead atoms. The number of carboxylic acids is 1. The first-order chi connectivity index (χ1) is 9.58. The van der Waals surface area contributed by atoms with Gasteiger partial charge in [-0.2, -0.15) is 0 Å². The molecular weight excluding hydrogens is 260 g/mol. The van der Waals surface area contributed by atoms with Crippen LogP contribution in [0.3, 0.4) is 0 Å². The summed E-state index contributed by atoms with van der Waals surface area (Å²) in [6.07, 6.45) is 5.31. The van der Waals surface area contributed by atoms with E-state index >= 15 is 0 Å². The predicted octanol–water partition coefficient (Wildman–Crippen LogP) is 2.54. The van der Waals surface area contributed by atoms with E-state index in [0.29, 0.717) is 0 Å². The standard InChI is InChI=1S/C14H18N2O4/c17-12-10(13(18)19)7-4-8-11(12)16-14(20)15-9-5-2-1-3-6-9/h4,7-9,17H,1-3,5-6H2,(H,18,19)(H2,15,16,20). The van der Waals surface area contributed by atoms with E-state index in [1.165, 1.54) is 24.6 Å². The molecule has 1 aliphatic rings. The van der Waals surface area contributed by atoms with E-state index in [4.69, 9.17) is 5.11 Å². The molecule has 1 aromatic rings. The first-order valence-corrected chi connectivity index (χ1v) is 6.70. The lowest BCUT2D eigenvalue weighted by Gasteiger charge is -2.23. The number of hydrogen-bond donors (Lipinski definition) is 4. The lowest BCUT2D eigenvalue weighted by Crippen LogP contribution is -2.39. The summed E-state index contributed by atoms with van der Waals surface area (Å²) in [5.74, 6) is -1.67. The Bertz CT molecular complexity index is 510. The van der Waals surface area contributed by atoms with E-state index in [2.05, 4.69) is 10.6 Å². The number of benzene rings is 1. The number of para-hydroxylation sites is 1. The molecular formula is C14H18N2O4. The molecule has 0 saturated heterocycles. The van der Waals surface area contributed by atoms with Crippen LogP contribution in [0.2, 0.25) is 0 Å². The number of anilines is 1. The number of phenols is 1. The summed E-state index contributed by atoms with van der Waals surface area (Å²) >= 11 is 0. The predicted molar refractivity (Wildman–Crippen MR) is 74.1 cm³/mol. The number of carboxylic acid groups (broad SMARTS) is 1. The number of carbonyl (C=O) groups is 2. The number of carbonyl (C=O) groups excluding carboxylic acids is 1. The molecule has 0 aromatic heterocycles. The van der Waals surface area contributed by atoms with Crippen LogP contribution in [0.15, 0.2) is 18.2 Å². The average molecular weight is 278 g/mol. The third-order valence-corrected chi connectivity index (χ3v) is 3.46. The van der Waals surface area contributed by atoms with Crippen LogP contribution < -0.4 is 10.6 Å². The SMILES string of the molecule is O=C(Nc1cccc(C(=O)O)c1O)NC1CCCCC1. The van der Waals surface area contributed by atoms with Gasteiger partial charge in [0, 0.05) is 6.04 Å². The zero-order chi connectivity index (χ0) is 14.5. The third-order valence-electron chi connectivity index (χ3n) is 3.46. The van der Waals surface area contributed by atoms with Crippen molar-refractivity contribution in [2.24, 2.45) is 0 Å². The molecule has 0 aliphatic heterocycles. The van der Waals surface area contributed by atoms with Gasteiger partial charge in [0.15, 0.2) is 5.75 Å². The molecule has 1 aromatic carbocycles. The highest BCUT2D eigenvalue weighted by Crippen LogP contribution is 2.27. The van der Waals surface area contributed by atoms with Gasteiger partial charge in [0.2, 0.25) is 0 Å². The lowest BCUT2D eigenvalue weighted by molar-refractivity contribution is 0.0693. The van der Waals surface area contributed by atoms with Crippen LogP contribution >= 0.6 is 0 Å². The minimum absolute atomic E-state index is 0.0956. The number of amides is 2. The molecule has 0 atom stereocenters. The van der Waals surface area contributed by atoms with Crippen LogP contribution in [-0.4, -0.2) is 28.3 Å². The molecule has 4 N–H and O–H groups in total. The van der Waals surface area contributed by atoms with Crippen molar-refractivity contribution < 1.29 is 19.8 Å². The van der Waals surface area contributed by atoms with Gasteiger partial charge >= 0.3 is 12.0 Å². The summed E-state index contributed by atoms with van der Waals surface area (Å²) in [4.78, 5) is 22.7. The molecule has 1 saturated carbocycles. The second kappa shape index (κ2) is 6.27. The zero-order valence-electron chi connectivity index (χ0n) is 11.1. The minimum atomic E-state index is -1.24. The van der Waals surface area contributed by atoms with E-state index in [1.54, 1.807) is 0 Å². The average Bonchev–Trinajstić information content (AvgIpc) is 2.42. The van der Waals surface area contributed by atoms with Crippen molar-refractivity contribution in [3.8, 4) is 5.75 Å². The van der Waals surface area contributed by atoms with Gasteiger partial charge in [-0.3, -0.25) is 0 Å². The van der Waals surface area contributed by atoms with E-state index < -0.39 is 17.7 Å². The number of rotatable bonds is 3. The molecule has 1 aliphatic carbocycles. The fourth-order valence-corrected chi connectivity index (χ4v) is 2.41. The highest BCUT2D eigenvalue weighted by Gasteiger charge is 2.18. The summed E-state index contributed by atoms with van der Waals surface area (Å²) in [5, 5.41) is 24.0. The molecule has 20 heavy (non-hydrogen) atoms. The van der Waals surface area contributed by atoms with Crippen molar-refractivity contribution in [3.05, 3.63) is 23.8 Å². The zero-order valence-corrected chi connectivity index (χ0v) is 11.1. The van der Waals surface area contributed by atoms with E-state index in [1.807, 2.05) is 0 Å². The molecule has 2 rings (SSSR count). The van der Waals surface area contributed by atoms with Gasteiger partial charge < -0.3 is 20.8 Å². The van der Waals surface area contributed by atoms with E-state index in [0.717, 1.165) is 25.7 Å². The van der Waals surface area contributed by atoms with Crippen LogP contribution in [0.25, 0.3) is 0 Å². The fraction of sp³-hybridized carbons (Fsp3) is 0.429. The van der Waals surface area contributed by atoms with Gasteiger partial charge in [-0.1, -0.05) is 25.3 Å². The Morgan fingerprint density at radius 2 is 1.85 bits per heavy atom. The first-order valence-electron chi connectivity index (χ1n) is 6.70. The Labute approximate surface area is 116 Å². The fourth-order valence-electron chi connectivity index (χ4n) is 2.41. The second-order valence-corrected chi connectivity index (χ2v) is 4.94. The molecule has 6 nitrogen and oxygen atoms in total. The van der Waals surface area contributed by atoms with Gasteiger partial charge in [-0.05, 0) is 25.0 Å². The van der Waals surface area contributed by atoms with Crippen LogP contribution in [0.1, 0.15) is 42.5 Å². The molecule has 0 unspecified atom stereocenters. The topological polar surface area (TPSA) is 98.7 Å². The van der Waals surface area contributed by atoms with Gasteiger partial charge in [0.05, 0.1) is 5.69 Å². The monoisotopic (exact) mass is 278 g/mol. The molecule has 0 heterocycles. The normalized spacial score (nSPS) is 15.6. The number of urea groups is 1. The van der Waals surface area contributed by atoms with Gasteiger partial charge in [0.1, 0.15) is 5.56 Å². The van der Waals surface area contributed by atoms with Crippen LogP contribution in [0.5, 0.6) is 5.75 Å². The van der Waals surface area contributed by atoms with Crippen molar-refractivity contribution >= 4 is 17.7 Å². The number of hydrogen-bond acceptors (Lipinski definition) is 3. The van der Waals surface area contributed by atoms with Crippen molar-refractivity contribution in [2.45, 2.75) is 38.1 Å².